The van der Waals surface area contributed by atoms with E-state index >= 15 is 0 Å². The lowest BCUT2D eigenvalue weighted by Crippen LogP contribution is -2.57. The van der Waals surface area contributed by atoms with E-state index in [0.29, 0.717) is 0 Å². The highest BCUT2D eigenvalue weighted by atomic mass is 16.6. The molecule has 0 aliphatic rings. The van der Waals surface area contributed by atoms with Crippen molar-refractivity contribution < 1.29 is 19.1 Å². The molecule has 1 aromatic rings. The minimum atomic E-state index is -0.853. The van der Waals surface area contributed by atoms with Gasteiger partial charge in [-0.3, -0.25) is 9.59 Å². The highest BCUT2D eigenvalue weighted by molar-refractivity contribution is 5.91. The number of carbonyl (C=O) groups excluding carboxylic acids is 3. The van der Waals surface area contributed by atoms with Gasteiger partial charge in [0, 0.05) is 11.1 Å². The highest BCUT2D eigenvalue weighted by Crippen LogP contribution is 2.31. The number of hydrogen-bond acceptors (Lipinski definition) is 4. The van der Waals surface area contributed by atoms with Crippen LogP contribution >= 0.6 is 0 Å². The zero-order valence-corrected chi connectivity index (χ0v) is 20.7. The van der Waals surface area contributed by atoms with E-state index in [4.69, 9.17) is 4.74 Å². The van der Waals surface area contributed by atoms with E-state index in [-0.39, 0.29) is 18.4 Å². The van der Waals surface area contributed by atoms with Crippen molar-refractivity contribution in [3.8, 4) is 0 Å². The van der Waals surface area contributed by atoms with Crippen molar-refractivity contribution in [3.63, 3.8) is 0 Å². The Kier molecular flexibility index (Phi) is 8.29. The second kappa shape index (κ2) is 9.71. The third kappa shape index (κ3) is 8.59. The maximum Gasteiger partial charge on any atom is 0.408 e. The molecule has 2 N–H and O–H groups in total. The van der Waals surface area contributed by atoms with Gasteiger partial charge in [0.15, 0.2) is 0 Å². The third-order valence-corrected chi connectivity index (χ3v) is 4.26. The van der Waals surface area contributed by atoms with Gasteiger partial charge in [0.1, 0.15) is 18.2 Å². The summed E-state index contributed by atoms with van der Waals surface area (Å²) in [5, 5.41) is 5.52. The SMILES string of the molecule is Cc1ccccc1C(C(=O)NC(C)(C)C)N(C(=O)CNC(=O)OC(C)(C)C)C(C)(C)C. The van der Waals surface area contributed by atoms with E-state index in [1.165, 1.54) is 4.90 Å². The predicted octanol–water partition coefficient (Wildman–Crippen LogP) is 4.10. The highest BCUT2D eigenvalue weighted by Gasteiger charge is 2.40. The molecule has 31 heavy (non-hydrogen) atoms. The molecular formula is C24H39N3O4. The first-order valence-corrected chi connectivity index (χ1v) is 10.6. The number of nitrogens with one attached hydrogen (secondary N) is 2. The fraction of sp³-hybridized carbons (Fsp3) is 0.625. The minimum Gasteiger partial charge on any atom is -0.444 e. The maximum absolute atomic E-state index is 13.4. The Hall–Kier alpha value is -2.57. The summed E-state index contributed by atoms with van der Waals surface area (Å²) < 4.78 is 5.23. The van der Waals surface area contributed by atoms with Crippen LogP contribution in [0.4, 0.5) is 4.79 Å². The smallest absolute Gasteiger partial charge is 0.408 e. The molecule has 174 valence electrons. The van der Waals surface area contributed by atoms with Gasteiger partial charge in [0.05, 0.1) is 0 Å². The van der Waals surface area contributed by atoms with Crippen LogP contribution in [0, 0.1) is 6.92 Å². The average Bonchev–Trinajstić information content (AvgIpc) is 2.54. The number of amides is 3. The summed E-state index contributed by atoms with van der Waals surface area (Å²) in [6.45, 7) is 18.2. The third-order valence-electron chi connectivity index (χ3n) is 4.26. The molecule has 0 heterocycles. The lowest BCUT2D eigenvalue weighted by atomic mass is 9.93. The van der Waals surface area contributed by atoms with Crippen LogP contribution < -0.4 is 10.6 Å². The molecular weight excluding hydrogens is 394 g/mol. The molecule has 1 atom stereocenters. The van der Waals surface area contributed by atoms with Crippen molar-refractivity contribution in [2.75, 3.05) is 6.54 Å². The second-order valence-electron chi connectivity index (χ2n) is 10.8. The van der Waals surface area contributed by atoms with Crippen LogP contribution in [-0.2, 0) is 14.3 Å². The van der Waals surface area contributed by atoms with E-state index < -0.39 is 28.8 Å². The lowest BCUT2D eigenvalue weighted by molar-refractivity contribution is -0.146. The topological polar surface area (TPSA) is 87.7 Å². The van der Waals surface area contributed by atoms with E-state index in [9.17, 15) is 14.4 Å². The number of carbonyl (C=O) groups is 3. The Morgan fingerprint density at radius 2 is 1.52 bits per heavy atom. The number of ether oxygens (including phenoxy) is 1. The Balaban J connectivity index is 3.33. The molecule has 3 amide bonds. The maximum atomic E-state index is 13.4. The first-order chi connectivity index (χ1) is 13.9. The monoisotopic (exact) mass is 433 g/mol. The van der Waals surface area contributed by atoms with Crippen molar-refractivity contribution in [2.24, 2.45) is 0 Å². The molecule has 1 rings (SSSR count). The van der Waals surface area contributed by atoms with Crippen LogP contribution in [0.3, 0.4) is 0 Å². The molecule has 0 aromatic heterocycles. The Morgan fingerprint density at radius 3 is 1.97 bits per heavy atom. The fourth-order valence-corrected chi connectivity index (χ4v) is 3.18. The molecule has 0 fully saturated rings. The van der Waals surface area contributed by atoms with Crippen molar-refractivity contribution in [3.05, 3.63) is 35.4 Å². The number of alkyl carbamates (subject to hydrolysis) is 1. The summed E-state index contributed by atoms with van der Waals surface area (Å²) in [6.07, 6.45) is -0.679. The Morgan fingerprint density at radius 1 is 0.968 bits per heavy atom. The van der Waals surface area contributed by atoms with Crippen molar-refractivity contribution in [2.45, 2.75) is 92.0 Å². The normalized spacial score (nSPS) is 13.2. The van der Waals surface area contributed by atoms with Gasteiger partial charge in [-0.25, -0.2) is 4.79 Å². The molecule has 7 nitrogen and oxygen atoms in total. The molecule has 0 saturated carbocycles. The van der Waals surface area contributed by atoms with Crippen LogP contribution in [0.25, 0.3) is 0 Å². The summed E-state index contributed by atoms with van der Waals surface area (Å²) >= 11 is 0. The molecule has 0 bridgehead atoms. The first-order valence-electron chi connectivity index (χ1n) is 10.6. The Labute approximate surface area is 186 Å². The van der Waals surface area contributed by atoms with Crippen LogP contribution in [0.15, 0.2) is 24.3 Å². The lowest BCUT2D eigenvalue weighted by Gasteiger charge is -2.42. The number of aryl methyl sites for hydroxylation is 1. The van der Waals surface area contributed by atoms with E-state index in [2.05, 4.69) is 10.6 Å². The molecule has 0 saturated heterocycles. The van der Waals surface area contributed by atoms with Crippen molar-refractivity contribution in [1.29, 1.82) is 0 Å². The largest absolute Gasteiger partial charge is 0.444 e. The molecule has 1 unspecified atom stereocenters. The van der Waals surface area contributed by atoms with Gasteiger partial charge in [-0.1, -0.05) is 24.3 Å². The molecule has 0 aliphatic heterocycles. The predicted molar refractivity (Wildman–Crippen MR) is 123 cm³/mol. The van der Waals surface area contributed by atoms with Gasteiger partial charge >= 0.3 is 6.09 Å². The summed E-state index contributed by atoms with van der Waals surface area (Å²) in [4.78, 5) is 40.3. The van der Waals surface area contributed by atoms with Gasteiger partial charge in [-0.2, -0.15) is 0 Å². The number of benzene rings is 1. The Bertz CT molecular complexity index is 798. The number of rotatable bonds is 5. The van der Waals surface area contributed by atoms with E-state index in [0.717, 1.165) is 11.1 Å². The van der Waals surface area contributed by atoms with Crippen LogP contribution in [0.1, 0.15) is 79.5 Å². The summed E-state index contributed by atoms with van der Waals surface area (Å²) in [7, 11) is 0. The van der Waals surface area contributed by atoms with Gasteiger partial charge < -0.3 is 20.3 Å². The quantitative estimate of drug-likeness (QED) is 0.732. The number of nitrogens with zero attached hydrogens (tertiary/aromatic N) is 1. The molecule has 0 radical (unpaired) electrons. The summed E-state index contributed by atoms with van der Waals surface area (Å²) in [6, 6.07) is 6.66. The van der Waals surface area contributed by atoms with Crippen LogP contribution in [0.5, 0.6) is 0 Å². The van der Waals surface area contributed by atoms with Crippen LogP contribution in [0.2, 0.25) is 0 Å². The summed E-state index contributed by atoms with van der Waals surface area (Å²) in [5.74, 6) is -0.655. The standard InChI is InChI=1S/C24H39N3O4/c1-16-13-11-12-14-17(16)19(20(29)26-22(2,3)4)27(23(5,6)7)18(28)15-25-21(30)31-24(8,9)10/h11-14,19H,15H2,1-10H3,(H,25,30)(H,26,29). The first kappa shape index (κ1) is 26.5. The van der Waals surface area contributed by atoms with Crippen molar-refractivity contribution >= 4 is 17.9 Å². The van der Waals surface area contributed by atoms with Crippen molar-refractivity contribution in [1.82, 2.24) is 15.5 Å². The van der Waals surface area contributed by atoms with Crippen LogP contribution in [-0.4, -0.2) is 46.0 Å². The molecule has 7 heteroatoms. The van der Waals surface area contributed by atoms with Gasteiger partial charge in [-0.05, 0) is 80.4 Å². The second-order valence-corrected chi connectivity index (χ2v) is 10.8. The number of hydrogen-bond donors (Lipinski definition) is 2. The van der Waals surface area contributed by atoms with Gasteiger partial charge in [0.2, 0.25) is 11.8 Å². The summed E-state index contributed by atoms with van der Waals surface area (Å²) in [5.41, 5.74) is -0.190. The van der Waals surface area contributed by atoms with E-state index in [1.807, 2.05) is 72.7 Å². The van der Waals surface area contributed by atoms with Gasteiger partial charge in [0.25, 0.3) is 0 Å². The fourth-order valence-electron chi connectivity index (χ4n) is 3.18. The molecule has 0 aliphatic carbocycles. The zero-order valence-electron chi connectivity index (χ0n) is 20.7. The van der Waals surface area contributed by atoms with Gasteiger partial charge in [-0.15, -0.1) is 0 Å². The minimum absolute atomic E-state index is 0.276. The van der Waals surface area contributed by atoms with E-state index in [1.54, 1.807) is 20.8 Å². The molecule has 1 aromatic carbocycles. The zero-order chi connectivity index (χ0) is 24.2. The average molecular weight is 434 g/mol. The molecule has 0 spiro atoms.